The van der Waals surface area contributed by atoms with E-state index in [2.05, 4.69) is 5.32 Å². The van der Waals surface area contributed by atoms with Crippen molar-refractivity contribution in [1.29, 1.82) is 0 Å². The molecule has 2 aromatic carbocycles. The molecule has 1 aliphatic heterocycles. The highest BCUT2D eigenvalue weighted by Crippen LogP contribution is 2.35. The number of ether oxygens (including phenoxy) is 4. The Morgan fingerprint density at radius 1 is 1.08 bits per heavy atom. The number of hydrogen-bond donors (Lipinski definition) is 1. The van der Waals surface area contributed by atoms with Crippen molar-refractivity contribution in [2.75, 3.05) is 25.3 Å². The van der Waals surface area contributed by atoms with Crippen LogP contribution in [-0.2, 0) is 9.53 Å². The van der Waals surface area contributed by atoms with E-state index in [1.54, 1.807) is 42.5 Å². The summed E-state index contributed by atoms with van der Waals surface area (Å²) >= 11 is 0. The second-order valence-corrected chi connectivity index (χ2v) is 5.57. The van der Waals surface area contributed by atoms with Gasteiger partial charge in [0.2, 0.25) is 6.79 Å². The van der Waals surface area contributed by atoms with Crippen LogP contribution in [0.3, 0.4) is 0 Å². The molecule has 1 heterocycles. The van der Waals surface area contributed by atoms with Crippen LogP contribution in [0.1, 0.15) is 23.7 Å². The first-order valence-corrected chi connectivity index (χ1v) is 8.25. The van der Waals surface area contributed by atoms with Crippen molar-refractivity contribution in [1.82, 2.24) is 0 Å². The number of anilines is 1. The molecule has 0 unspecified atom stereocenters. The highest BCUT2D eigenvalue weighted by Gasteiger charge is 2.14. The van der Waals surface area contributed by atoms with Crippen molar-refractivity contribution in [3.8, 4) is 17.2 Å². The van der Waals surface area contributed by atoms with Crippen LogP contribution >= 0.6 is 0 Å². The molecular formula is C19H19NO6. The number of benzene rings is 2. The van der Waals surface area contributed by atoms with E-state index in [0.717, 1.165) is 6.42 Å². The quantitative estimate of drug-likeness (QED) is 0.767. The lowest BCUT2D eigenvalue weighted by Crippen LogP contribution is -2.20. The average Bonchev–Trinajstić information content (AvgIpc) is 3.13. The molecule has 1 aliphatic rings. The molecule has 0 saturated heterocycles. The Kier molecular flexibility index (Phi) is 5.58. The molecule has 0 bridgehead atoms. The minimum atomic E-state index is -0.379. The van der Waals surface area contributed by atoms with Gasteiger partial charge < -0.3 is 24.3 Å². The van der Waals surface area contributed by atoms with Crippen molar-refractivity contribution in [3.63, 3.8) is 0 Å². The van der Waals surface area contributed by atoms with Crippen molar-refractivity contribution in [2.45, 2.75) is 13.3 Å². The van der Waals surface area contributed by atoms with Crippen molar-refractivity contribution in [2.24, 2.45) is 0 Å². The number of fused-ring (bicyclic) bond motifs is 1. The van der Waals surface area contributed by atoms with Crippen molar-refractivity contribution in [3.05, 3.63) is 48.0 Å². The van der Waals surface area contributed by atoms with Crippen LogP contribution < -0.4 is 19.5 Å². The van der Waals surface area contributed by atoms with Gasteiger partial charge in [-0.2, -0.15) is 0 Å². The van der Waals surface area contributed by atoms with Gasteiger partial charge in [-0.15, -0.1) is 0 Å². The summed E-state index contributed by atoms with van der Waals surface area (Å²) < 4.78 is 21.0. The lowest BCUT2D eigenvalue weighted by atomic mass is 10.2. The minimum Gasteiger partial charge on any atom is -0.484 e. The molecule has 0 aliphatic carbocycles. The Morgan fingerprint density at radius 2 is 1.85 bits per heavy atom. The maximum absolute atomic E-state index is 12.0. The third-order valence-electron chi connectivity index (χ3n) is 3.56. The number of nitrogens with one attached hydrogen (secondary N) is 1. The molecule has 136 valence electrons. The van der Waals surface area contributed by atoms with Gasteiger partial charge in [0.1, 0.15) is 5.75 Å². The monoisotopic (exact) mass is 357 g/mol. The number of rotatable bonds is 7. The third-order valence-corrected chi connectivity index (χ3v) is 3.56. The van der Waals surface area contributed by atoms with E-state index in [0.29, 0.717) is 35.1 Å². The van der Waals surface area contributed by atoms with Crippen LogP contribution in [0.25, 0.3) is 0 Å². The fraction of sp³-hybridized carbons (Fsp3) is 0.263. The molecular weight excluding hydrogens is 338 g/mol. The highest BCUT2D eigenvalue weighted by molar-refractivity contribution is 5.93. The largest absolute Gasteiger partial charge is 0.484 e. The summed E-state index contributed by atoms with van der Waals surface area (Å²) in [4.78, 5) is 23.7. The van der Waals surface area contributed by atoms with E-state index in [4.69, 9.17) is 18.9 Å². The SMILES string of the molecule is CCCOC(=O)c1ccc(NC(=O)COc2ccc3c(c2)OCO3)cc1. The van der Waals surface area contributed by atoms with Crippen LogP contribution in [0.4, 0.5) is 5.69 Å². The molecule has 0 spiro atoms. The van der Waals surface area contributed by atoms with Gasteiger partial charge in [-0.05, 0) is 42.8 Å². The Hall–Kier alpha value is -3.22. The number of hydrogen-bond acceptors (Lipinski definition) is 6. The molecule has 0 saturated carbocycles. The number of esters is 1. The Balaban J connectivity index is 1.49. The number of carbonyl (C=O) groups excluding carboxylic acids is 2. The van der Waals surface area contributed by atoms with E-state index < -0.39 is 0 Å². The zero-order valence-electron chi connectivity index (χ0n) is 14.3. The standard InChI is InChI=1S/C19H19NO6/c1-2-9-23-19(22)13-3-5-14(6-4-13)20-18(21)11-24-15-7-8-16-17(10-15)26-12-25-16/h3-8,10H,2,9,11-12H2,1H3,(H,20,21). The average molecular weight is 357 g/mol. The summed E-state index contributed by atoms with van der Waals surface area (Å²) in [5.74, 6) is 1.06. The van der Waals surface area contributed by atoms with Crippen molar-refractivity contribution >= 4 is 17.6 Å². The van der Waals surface area contributed by atoms with Gasteiger partial charge in [-0.25, -0.2) is 4.79 Å². The first-order chi connectivity index (χ1) is 12.7. The fourth-order valence-electron chi connectivity index (χ4n) is 2.28. The maximum atomic E-state index is 12.0. The predicted octanol–water partition coefficient (Wildman–Crippen LogP) is 3.00. The van der Waals surface area contributed by atoms with Crippen LogP contribution in [0.5, 0.6) is 17.2 Å². The topological polar surface area (TPSA) is 83.1 Å². The Bertz CT molecular complexity index is 787. The van der Waals surface area contributed by atoms with Gasteiger partial charge in [-0.1, -0.05) is 6.92 Å². The summed E-state index contributed by atoms with van der Waals surface area (Å²) in [5.41, 5.74) is 1.00. The van der Waals surface area contributed by atoms with E-state index in [9.17, 15) is 9.59 Å². The second kappa shape index (κ2) is 8.24. The molecule has 1 N–H and O–H groups in total. The zero-order valence-corrected chi connectivity index (χ0v) is 14.3. The molecule has 7 heteroatoms. The molecule has 0 fully saturated rings. The van der Waals surface area contributed by atoms with Crippen LogP contribution in [0.15, 0.2) is 42.5 Å². The maximum Gasteiger partial charge on any atom is 0.338 e. The van der Waals surface area contributed by atoms with Gasteiger partial charge in [0.25, 0.3) is 5.91 Å². The summed E-state index contributed by atoms with van der Waals surface area (Å²) in [7, 11) is 0. The first kappa shape index (κ1) is 17.6. The zero-order chi connectivity index (χ0) is 18.4. The number of carbonyl (C=O) groups is 2. The van der Waals surface area contributed by atoms with Crippen molar-refractivity contribution < 1.29 is 28.5 Å². The summed E-state index contributed by atoms with van der Waals surface area (Å²) in [6, 6.07) is 11.6. The van der Waals surface area contributed by atoms with Gasteiger partial charge in [0.05, 0.1) is 12.2 Å². The molecule has 26 heavy (non-hydrogen) atoms. The molecule has 2 aromatic rings. The van der Waals surface area contributed by atoms with Gasteiger partial charge >= 0.3 is 5.97 Å². The molecule has 0 aromatic heterocycles. The van der Waals surface area contributed by atoms with Gasteiger partial charge in [-0.3, -0.25) is 4.79 Å². The second-order valence-electron chi connectivity index (χ2n) is 5.57. The molecule has 1 amide bonds. The normalized spacial score (nSPS) is 11.7. The van der Waals surface area contributed by atoms with E-state index in [1.165, 1.54) is 0 Å². The lowest BCUT2D eigenvalue weighted by molar-refractivity contribution is -0.118. The van der Waals surface area contributed by atoms with E-state index >= 15 is 0 Å². The van der Waals surface area contributed by atoms with Crippen LogP contribution in [-0.4, -0.2) is 31.9 Å². The summed E-state index contributed by atoms with van der Waals surface area (Å²) in [6.45, 7) is 2.34. The Labute approximate surface area is 150 Å². The fourth-order valence-corrected chi connectivity index (χ4v) is 2.28. The Morgan fingerprint density at radius 3 is 2.62 bits per heavy atom. The minimum absolute atomic E-state index is 0.153. The first-order valence-electron chi connectivity index (χ1n) is 8.25. The van der Waals surface area contributed by atoms with Gasteiger partial charge in [0, 0.05) is 11.8 Å². The third kappa shape index (κ3) is 4.44. The number of amides is 1. The van der Waals surface area contributed by atoms with E-state index in [-0.39, 0.29) is 25.3 Å². The van der Waals surface area contributed by atoms with Gasteiger partial charge in [0.15, 0.2) is 18.1 Å². The summed E-state index contributed by atoms with van der Waals surface area (Å²) in [5, 5.41) is 2.70. The molecule has 0 atom stereocenters. The smallest absolute Gasteiger partial charge is 0.338 e. The lowest BCUT2D eigenvalue weighted by Gasteiger charge is -2.09. The summed E-state index contributed by atoms with van der Waals surface area (Å²) in [6.07, 6.45) is 0.767. The molecule has 3 rings (SSSR count). The molecule has 0 radical (unpaired) electrons. The predicted molar refractivity (Wildman–Crippen MR) is 93.7 cm³/mol. The van der Waals surface area contributed by atoms with Crippen LogP contribution in [0, 0.1) is 0 Å². The highest BCUT2D eigenvalue weighted by atomic mass is 16.7. The van der Waals surface area contributed by atoms with E-state index in [1.807, 2.05) is 6.92 Å². The molecule has 7 nitrogen and oxygen atoms in total. The van der Waals surface area contributed by atoms with Crippen LogP contribution in [0.2, 0.25) is 0 Å².